The van der Waals surface area contributed by atoms with Crippen LogP contribution in [-0.4, -0.2) is 21.1 Å². The molecule has 21 heavy (non-hydrogen) atoms. The van der Waals surface area contributed by atoms with E-state index in [0.717, 1.165) is 29.1 Å². The number of hydrogen-bond donors (Lipinski definition) is 2. The number of carbonyl (C=O) groups excluding carboxylic acids is 1. The smallest absolute Gasteiger partial charge is 0.225 e. The minimum absolute atomic E-state index is 0.0505. The molecule has 0 atom stereocenters. The SMILES string of the molecule is Cc1ccc2c(NC(=O)CCC3CCCCC3)n[nH]c2n1. The number of pyridine rings is 1. The van der Waals surface area contributed by atoms with Gasteiger partial charge in [0.2, 0.25) is 5.91 Å². The zero-order valence-electron chi connectivity index (χ0n) is 12.5. The summed E-state index contributed by atoms with van der Waals surface area (Å²) >= 11 is 0. The van der Waals surface area contributed by atoms with Crippen LogP contribution in [0.25, 0.3) is 11.0 Å². The predicted molar refractivity (Wildman–Crippen MR) is 83.1 cm³/mol. The van der Waals surface area contributed by atoms with E-state index in [1.165, 1.54) is 32.1 Å². The molecule has 0 aliphatic heterocycles. The van der Waals surface area contributed by atoms with Crippen LogP contribution >= 0.6 is 0 Å². The molecule has 112 valence electrons. The highest BCUT2D eigenvalue weighted by atomic mass is 16.1. The van der Waals surface area contributed by atoms with Crippen molar-refractivity contribution < 1.29 is 4.79 Å². The first-order chi connectivity index (χ1) is 10.2. The van der Waals surface area contributed by atoms with Crippen molar-refractivity contribution in [2.75, 3.05) is 5.32 Å². The third kappa shape index (κ3) is 3.40. The number of amides is 1. The quantitative estimate of drug-likeness (QED) is 0.902. The number of carbonyl (C=O) groups is 1. The molecule has 2 heterocycles. The van der Waals surface area contributed by atoms with Crippen LogP contribution in [0.5, 0.6) is 0 Å². The average molecular weight is 286 g/mol. The number of rotatable bonds is 4. The maximum absolute atomic E-state index is 12.1. The number of aryl methyl sites for hydroxylation is 1. The minimum atomic E-state index is 0.0505. The summed E-state index contributed by atoms with van der Waals surface area (Å²) in [5, 5.41) is 10.8. The lowest BCUT2D eigenvalue weighted by Crippen LogP contribution is -2.15. The van der Waals surface area contributed by atoms with Gasteiger partial charge in [0.1, 0.15) is 0 Å². The van der Waals surface area contributed by atoms with Crippen LogP contribution in [-0.2, 0) is 4.79 Å². The summed E-state index contributed by atoms with van der Waals surface area (Å²) in [6, 6.07) is 3.87. The zero-order chi connectivity index (χ0) is 14.7. The molecule has 5 nitrogen and oxygen atoms in total. The Hall–Kier alpha value is -1.91. The number of H-pyrrole nitrogens is 1. The first kappa shape index (κ1) is 14.0. The van der Waals surface area contributed by atoms with E-state index >= 15 is 0 Å². The fraction of sp³-hybridized carbons (Fsp3) is 0.562. The van der Waals surface area contributed by atoms with Gasteiger partial charge in [-0.1, -0.05) is 32.1 Å². The second-order valence-electron chi connectivity index (χ2n) is 6.01. The number of aromatic nitrogens is 3. The Morgan fingerprint density at radius 3 is 2.95 bits per heavy atom. The molecule has 0 aromatic carbocycles. The fourth-order valence-electron chi connectivity index (χ4n) is 3.10. The molecule has 5 heteroatoms. The van der Waals surface area contributed by atoms with Crippen LogP contribution in [0, 0.1) is 12.8 Å². The van der Waals surface area contributed by atoms with Gasteiger partial charge in [-0.15, -0.1) is 0 Å². The molecule has 0 spiro atoms. The molecular weight excluding hydrogens is 264 g/mol. The van der Waals surface area contributed by atoms with Crippen molar-refractivity contribution in [1.29, 1.82) is 0 Å². The minimum Gasteiger partial charge on any atom is -0.309 e. The van der Waals surface area contributed by atoms with E-state index in [9.17, 15) is 4.79 Å². The molecule has 0 bridgehead atoms. The number of nitrogens with zero attached hydrogens (tertiary/aromatic N) is 2. The summed E-state index contributed by atoms with van der Waals surface area (Å²) in [6.07, 6.45) is 8.13. The van der Waals surface area contributed by atoms with Crippen molar-refractivity contribution >= 4 is 22.8 Å². The van der Waals surface area contributed by atoms with Crippen molar-refractivity contribution in [1.82, 2.24) is 15.2 Å². The normalized spacial score (nSPS) is 16.2. The Kier molecular flexibility index (Phi) is 4.18. The molecule has 0 saturated heterocycles. The van der Waals surface area contributed by atoms with Gasteiger partial charge in [-0.3, -0.25) is 9.89 Å². The number of anilines is 1. The van der Waals surface area contributed by atoms with Gasteiger partial charge in [-0.2, -0.15) is 5.10 Å². The zero-order valence-corrected chi connectivity index (χ0v) is 12.5. The monoisotopic (exact) mass is 286 g/mol. The standard InChI is InChI=1S/C16H22N4O/c1-11-7-9-13-15(17-11)19-20-16(13)18-14(21)10-8-12-5-3-2-4-6-12/h7,9,12H,2-6,8,10H2,1H3,(H2,17,18,19,20,21). The van der Waals surface area contributed by atoms with Gasteiger partial charge in [-0.05, 0) is 31.4 Å². The van der Waals surface area contributed by atoms with Gasteiger partial charge in [-0.25, -0.2) is 4.98 Å². The van der Waals surface area contributed by atoms with Crippen molar-refractivity contribution in [2.45, 2.75) is 51.9 Å². The van der Waals surface area contributed by atoms with Crippen molar-refractivity contribution in [2.24, 2.45) is 5.92 Å². The highest BCUT2D eigenvalue weighted by molar-refractivity contribution is 5.98. The molecule has 1 saturated carbocycles. The molecule has 0 radical (unpaired) electrons. The van der Waals surface area contributed by atoms with E-state index in [-0.39, 0.29) is 5.91 Å². The number of aromatic amines is 1. The highest BCUT2D eigenvalue weighted by Gasteiger charge is 2.16. The third-order valence-electron chi connectivity index (χ3n) is 4.33. The summed E-state index contributed by atoms with van der Waals surface area (Å²) in [6.45, 7) is 1.93. The highest BCUT2D eigenvalue weighted by Crippen LogP contribution is 2.27. The molecular formula is C16H22N4O. The van der Waals surface area contributed by atoms with Gasteiger partial charge in [0.05, 0.1) is 5.39 Å². The van der Waals surface area contributed by atoms with Gasteiger partial charge >= 0.3 is 0 Å². The molecule has 1 amide bonds. The van der Waals surface area contributed by atoms with Crippen molar-refractivity contribution in [3.8, 4) is 0 Å². The molecule has 2 aromatic rings. The van der Waals surface area contributed by atoms with E-state index < -0.39 is 0 Å². The lowest BCUT2D eigenvalue weighted by Gasteiger charge is -2.20. The maximum Gasteiger partial charge on any atom is 0.225 e. The fourth-order valence-corrected chi connectivity index (χ4v) is 3.10. The van der Waals surface area contributed by atoms with Crippen LogP contribution in [0.3, 0.4) is 0 Å². The van der Waals surface area contributed by atoms with Crippen molar-refractivity contribution in [3.05, 3.63) is 17.8 Å². The van der Waals surface area contributed by atoms with Crippen LogP contribution in [0.2, 0.25) is 0 Å². The summed E-state index contributed by atoms with van der Waals surface area (Å²) in [5.74, 6) is 1.37. The maximum atomic E-state index is 12.1. The van der Waals surface area contributed by atoms with Crippen LogP contribution in [0.15, 0.2) is 12.1 Å². The average Bonchev–Trinajstić information content (AvgIpc) is 2.88. The first-order valence-corrected chi connectivity index (χ1v) is 7.84. The molecule has 2 aromatic heterocycles. The van der Waals surface area contributed by atoms with Crippen LogP contribution < -0.4 is 5.32 Å². The lowest BCUT2D eigenvalue weighted by molar-refractivity contribution is -0.116. The second-order valence-corrected chi connectivity index (χ2v) is 6.01. The molecule has 1 aliphatic carbocycles. The van der Waals surface area contributed by atoms with Crippen LogP contribution in [0.4, 0.5) is 5.82 Å². The number of hydrogen-bond acceptors (Lipinski definition) is 3. The topological polar surface area (TPSA) is 70.7 Å². The predicted octanol–water partition coefficient (Wildman–Crippen LogP) is 3.57. The van der Waals surface area contributed by atoms with Crippen molar-refractivity contribution in [3.63, 3.8) is 0 Å². The first-order valence-electron chi connectivity index (χ1n) is 7.84. The molecule has 3 rings (SSSR count). The largest absolute Gasteiger partial charge is 0.309 e. The number of nitrogens with one attached hydrogen (secondary N) is 2. The summed E-state index contributed by atoms with van der Waals surface area (Å²) in [4.78, 5) is 16.4. The van der Waals surface area contributed by atoms with Gasteiger partial charge < -0.3 is 5.32 Å². The third-order valence-corrected chi connectivity index (χ3v) is 4.33. The Bertz CT molecular complexity index is 628. The Morgan fingerprint density at radius 2 is 2.14 bits per heavy atom. The van der Waals surface area contributed by atoms with Crippen LogP contribution in [0.1, 0.15) is 50.6 Å². The number of fused-ring (bicyclic) bond motifs is 1. The molecule has 0 unspecified atom stereocenters. The van der Waals surface area contributed by atoms with E-state index in [1.54, 1.807) is 0 Å². The summed E-state index contributed by atoms with van der Waals surface area (Å²) in [5.41, 5.74) is 1.65. The Morgan fingerprint density at radius 1 is 1.33 bits per heavy atom. The molecule has 1 aliphatic rings. The van der Waals surface area contributed by atoms with E-state index in [2.05, 4.69) is 20.5 Å². The van der Waals surface area contributed by atoms with E-state index in [1.807, 2.05) is 19.1 Å². The lowest BCUT2D eigenvalue weighted by atomic mass is 9.86. The molecule has 1 fully saturated rings. The molecule has 2 N–H and O–H groups in total. The summed E-state index contributed by atoms with van der Waals surface area (Å²) < 4.78 is 0. The van der Waals surface area contributed by atoms with E-state index in [0.29, 0.717) is 12.2 Å². The van der Waals surface area contributed by atoms with Gasteiger partial charge in [0, 0.05) is 12.1 Å². The van der Waals surface area contributed by atoms with E-state index in [4.69, 9.17) is 0 Å². The summed E-state index contributed by atoms with van der Waals surface area (Å²) in [7, 11) is 0. The Balaban J connectivity index is 1.58. The Labute approximate surface area is 124 Å². The van der Waals surface area contributed by atoms with Gasteiger partial charge in [0.25, 0.3) is 0 Å². The second kappa shape index (κ2) is 6.24. The van der Waals surface area contributed by atoms with Gasteiger partial charge in [0.15, 0.2) is 11.5 Å².